The molecule has 55 heavy (non-hydrogen) atoms. The largest absolute Gasteiger partial charge is 0.507 e. The van der Waals surface area contributed by atoms with Crippen LogP contribution < -0.4 is 0 Å². The van der Waals surface area contributed by atoms with Gasteiger partial charge in [0, 0.05) is 75.0 Å². The standard InChI is InChI=1S/C49H31N2O2S.Pt/c1-30-24-36(49-48(40-18-7-10-21-47(40)54-49)34-22-23-38-37-16-6-9-20-45(37)53-46(38)29-34)28-41(50-30)32-14-11-15-33(25-32)42-26-35(31-12-3-2-4-13-31)27-43(51-42)39-17-5-8-19-44(39)52;/h2-24,26-29,52H,1H3;/q-1;. The molecule has 4 aromatic heterocycles. The summed E-state index contributed by atoms with van der Waals surface area (Å²) in [6, 6.07) is 59.2. The maximum Gasteiger partial charge on any atom is 0.136 e. The Morgan fingerprint density at radius 2 is 1.20 bits per heavy atom. The van der Waals surface area contributed by atoms with Gasteiger partial charge in [-0.25, -0.2) is 0 Å². The molecule has 0 aliphatic rings. The Hall–Kier alpha value is -6.13. The van der Waals surface area contributed by atoms with Crippen LogP contribution in [-0.2, 0) is 21.1 Å². The molecule has 6 heteroatoms. The van der Waals surface area contributed by atoms with Gasteiger partial charge in [-0.15, -0.1) is 35.6 Å². The first-order valence-corrected chi connectivity index (χ1v) is 18.7. The summed E-state index contributed by atoms with van der Waals surface area (Å²) in [5.74, 6) is 0.188. The van der Waals surface area contributed by atoms with E-state index in [2.05, 4.69) is 97.1 Å². The third-order valence-corrected chi connectivity index (χ3v) is 11.2. The van der Waals surface area contributed by atoms with Gasteiger partial charge in [0.2, 0.25) is 0 Å². The van der Waals surface area contributed by atoms with E-state index in [1.54, 1.807) is 17.4 Å². The third kappa shape index (κ3) is 6.36. The number of hydrogen-bond donors (Lipinski definition) is 1. The number of phenols is 1. The van der Waals surface area contributed by atoms with Gasteiger partial charge in [0.1, 0.15) is 16.9 Å². The number of thiophene rings is 1. The van der Waals surface area contributed by atoms with Gasteiger partial charge < -0.3 is 9.52 Å². The van der Waals surface area contributed by atoms with Crippen molar-refractivity contribution < 1.29 is 30.6 Å². The molecule has 0 fully saturated rings. The average Bonchev–Trinajstić information content (AvgIpc) is 3.80. The van der Waals surface area contributed by atoms with E-state index >= 15 is 0 Å². The molecule has 0 unspecified atom stereocenters. The van der Waals surface area contributed by atoms with Crippen molar-refractivity contribution in [1.29, 1.82) is 0 Å². The second-order valence-corrected chi connectivity index (χ2v) is 14.5. The van der Waals surface area contributed by atoms with Gasteiger partial charge >= 0.3 is 0 Å². The molecule has 10 rings (SSSR count). The van der Waals surface area contributed by atoms with Gasteiger partial charge in [-0.05, 0) is 77.7 Å². The fourth-order valence-electron chi connectivity index (χ4n) is 7.42. The fraction of sp³-hybridized carbons (Fsp3) is 0.0204. The summed E-state index contributed by atoms with van der Waals surface area (Å²) in [4.78, 5) is 11.3. The minimum Gasteiger partial charge on any atom is -0.507 e. The molecular formula is C49H31N2O2PtS-. The molecule has 0 aliphatic carbocycles. The van der Waals surface area contributed by atoms with Crippen LogP contribution in [0.15, 0.2) is 168 Å². The molecule has 1 N–H and O–H groups in total. The van der Waals surface area contributed by atoms with Crippen LogP contribution >= 0.6 is 11.3 Å². The van der Waals surface area contributed by atoms with Crippen LogP contribution in [0.1, 0.15) is 5.69 Å². The van der Waals surface area contributed by atoms with Gasteiger partial charge in [0.15, 0.2) is 0 Å². The molecule has 0 saturated carbocycles. The van der Waals surface area contributed by atoms with Crippen molar-refractivity contribution in [3.8, 4) is 72.2 Å². The number of hydrogen-bond acceptors (Lipinski definition) is 5. The zero-order valence-electron chi connectivity index (χ0n) is 29.6. The first-order valence-electron chi connectivity index (χ1n) is 17.9. The molecule has 0 amide bonds. The van der Waals surface area contributed by atoms with Crippen LogP contribution in [0.3, 0.4) is 0 Å². The fourth-order valence-corrected chi connectivity index (χ4v) is 8.63. The Balaban J connectivity index is 0.00000397. The molecule has 0 bridgehead atoms. The molecule has 0 atom stereocenters. The number of aromatic hydroxyl groups is 1. The predicted molar refractivity (Wildman–Crippen MR) is 223 cm³/mol. The van der Waals surface area contributed by atoms with Gasteiger partial charge in [0.25, 0.3) is 0 Å². The zero-order valence-corrected chi connectivity index (χ0v) is 32.7. The maximum atomic E-state index is 10.8. The summed E-state index contributed by atoms with van der Waals surface area (Å²) in [6.07, 6.45) is 0. The van der Waals surface area contributed by atoms with E-state index in [9.17, 15) is 5.11 Å². The molecule has 0 spiro atoms. The SMILES string of the molecule is Cc1cc(-c2sc3ccccc3c2-c2ccc3c(c2)oc2ccccc23)cc(-c2[c-]c(-c3cc(-c4ccccc4)cc(-c4ccccc4O)n3)ccc2)n1.[Pt]. The smallest absolute Gasteiger partial charge is 0.136 e. The summed E-state index contributed by atoms with van der Waals surface area (Å²) < 4.78 is 7.56. The Morgan fingerprint density at radius 3 is 2.04 bits per heavy atom. The molecule has 6 aromatic carbocycles. The van der Waals surface area contributed by atoms with E-state index in [4.69, 9.17) is 14.4 Å². The molecule has 266 valence electrons. The molecule has 4 heterocycles. The third-order valence-electron chi connectivity index (χ3n) is 9.94. The number of nitrogens with zero attached hydrogens (tertiary/aromatic N) is 2. The van der Waals surface area contributed by atoms with E-state index in [0.717, 1.165) is 72.4 Å². The molecule has 0 aliphatic heterocycles. The van der Waals surface area contributed by atoms with Crippen molar-refractivity contribution in [2.45, 2.75) is 6.92 Å². The number of pyridine rings is 2. The van der Waals surface area contributed by atoms with E-state index in [0.29, 0.717) is 11.3 Å². The minimum absolute atomic E-state index is 0. The second kappa shape index (κ2) is 14.3. The van der Waals surface area contributed by atoms with Crippen molar-refractivity contribution >= 4 is 43.4 Å². The van der Waals surface area contributed by atoms with Crippen LogP contribution in [0.2, 0.25) is 0 Å². The van der Waals surface area contributed by atoms with E-state index in [1.165, 1.54) is 20.5 Å². The van der Waals surface area contributed by atoms with E-state index in [-0.39, 0.29) is 26.8 Å². The van der Waals surface area contributed by atoms with Gasteiger partial charge in [-0.2, -0.15) is 0 Å². The van der Waals surface area contributed by atoms with E-state index < -0.39 is 0 Å². The zero-order chi connectivity index (χ0) is 36.2. The first-order chi connectivity index (χ1) is 26.6. The number of aromatic nitrogens is 2. The first kappa shape index (κ1) is 34.6. The predicted octanol–water partition coefficient (Wildman–Crippen LogP) is 13.4. The van der Waals surface area contributed by atoms with Gasteiger partial charge in [-0.1, -0.05) is 108 Å². The minimum atomic E-state index is 0. The molecule has 0 saturated heterocycles. The normalized spacial score (nSPS) is 11.3. The Morgan fingerprint density at radius 1 is 0.527 bits per heavy atom. The number of aryl methyl sites for hydroxylation is 1. The van der Waals surface area contributed by atoms with Crippen LogP contribution in [0.25, 0.3) is 98.5 Å². The number of furan rings is 1. The van der Waals surface area contributed by atoms with Crippen LogP contribution in [0.5, 0.6) is 5.75 Å². The average molecular weight is 907 g/mol. The monoisotopic (exact) mass is 906 g/mol. The van der Waals surface area contributed by atoms with Crippen molar-refractivity contribution in [3.63, 3.8) is 0 Å². The van der Waals surface area contributed by atoms with Gasteiger partial charge in [-0.3, -0.25) is 9.97 Å². The number of para-hydroxylation sites is 2. The van der Waals surface area contributed by atoms with Crippen LogP contribution in [0.4, 0.5) is 0 Å². The van der Waals surface area contributed by atoms with Crippen molar-refractivity contribution in [2.75, 3.05) is 0 Å². The topological polar surface area (TPSA) is 59.2 Å². The van der Waals surface area contributed by atoms with Crippen LogP contribution in [-0.4, -0.2) is 15.1 Å². The number of benzene rings is 6. The van der Waals surface area contributed by atoms with E-state index in [1.807, 2.05) is 73.7 Å². The van der Waals surface area contributed by atoms with Crippen LogP contribution in [0, 0.1) is 13.0 Å². The second-order valence-electron chi connectivity index (χ2n) is 13.5. The molecule has 4 nitrogen and oxygen atoms in total. The molecular weight excluding hydrogens is 876 g/mol. The Bertz CT molecular complexity index is 3040. The van der Waals surface area contributed by atoms with Gasteiger partial charge in [0.05, 0.1) is 5.69 Å². The Labute approximate surface area is 336 Å². The maximum absolute atomic E-state index is 10.8. The number of rotatable bonds is 6. The number of phenolic OH excluding ortho intramolecular Hbond substituents is 1. The quantitative estimate of drug-likeness (QED) is 0.169. The van der Waals surface area contributed by atoms with Crippen molar-refractivity contribution in [2.24, 2.45) is 0 Å². The van der Waals surface area contributed by atoms with Crippen molar-refractivity contribution in [1.82, 2.24) is 9.97 Å². The summed E-state index contributed by atoms with van der Waals surface area (Å²) >= 11 is 1.80. The van der Waals surface area contributed by atoms with Crippen molar-refractivity contribution in [3.05, 3.63) is 176 Å². The summed E-state index contributed by atoms with van der Waals surface area (Å²) in [6.45, 7) is 2.05. The summed E-state index contributed by atoms with van der Waals surface area (Å²) in [7, 11) is 0. The summed E-state index contributed by atoms with van der Waals surface area (Å²) in [5, 5.41) is 14.2. The molecule has 0 radical (unpaired) electrons. The summed E-state index contributed by atoms with van der Waals surface area (Å²) in [5.41, 5.74) is 12.8. The Kier molecular flexibility index (Phi) is 8.98. The molecule has 10 aromatic rings. The number of fused-ring (bicyclic) bond motifs is 4.